The molecule has 2 heteroatoms. The number of aryl methyl sites for hydroxylation is 2. The Balaban J connectivity index is 1.17. The monoisotopic (exact) mass is 508 g/mol. The fourth-order valence-electron chi connectivity index (χ4n) is 5.97. The molecule has 6 rings (SSSR count). The summed E-state index contributed by atoms with van der Waals surface area (Å²) in [5, 5.41) is 3.67. The van der Waals surface area contributed by atoms with Gasteiger partial charge in [0.15, 0.2) is 0 Å². The maximum atomic E-state index is 5.01. The Bertz CT molecular complexity index is 1560. The number of benzene rings is 3. The first kappa shape index (κ1) is 25.1. The number of hydrogen-bond donors (Lipinski definition) is 1. The summed E-state index contributed by atoms with van der Waals surface area (Å²) in [5.41, 5.74) is 12.8. The normalized spacial score (nSPS) is 21.2. The van der Waals surface area contributed by atoms with E-state index in [9.17, 15) is 0 Å². The minimum atomic E-state index is 0.172. The van der Waals surface area contributed by atoms with Crippen LogP contribution in [0.4, 0.5) is 0 Å². The van der Waals surface area contributed by atoms with Crippen molar-refractivity contribution in [2.24, 2.45) is 11.8 Å². The van der Waals surface area contributed by atoms with Crippen molar-refractivity contribution < 1.29 is 0 Å². The van der Waals surface area contributed by atoms with E-state index < -0.39 is 0 Å². The van der Waals surface area contributed by atoms with Gasteiger partial charge in [-0.25, -0.2) is 0 Å². The van der Waals surface area contributed by atoms with Crippen molar-refractivity contribution in [3.8, 4) is 11.3 Å². The van der Waals surface area contributed by atoms with Gasteiger partial charge in [0.1, 0.15) is 0 Å². The molecular weight excluding hydrogens is 472 g/mol. The molecule has 3 aromatic carbocycles. The standard InChI is InChI=1S/C37H36N2/c1-25-20-31(39-36(21-25)29-14-8-5-9-15-29)18-19-32-27(3)34(32)23-30-16-10-11-17-33(30)37-22-26(2)35(24-38-37)28-12-6-4-7-13-28/h4-17,20-24,27,32,37-38H,18-19H2,1-3H3/b34-23+/t27-,32-,37?/m0/s1. The van der Waals surface area contributed by atoms with Crippen molar-refractivity contribution in [3.05, 3.63) is 148 Å². The predicted octanol–water partition coefficient (Wildman–Crippen LogP) is 8.97. The molecule has 39 heavy (non-hydrogen) atoms. The number of nitrogens with one attached hydrogen (secondary N) is 1. The van der Waals surface area contributed by atoms with E-state index >= 15 is 0 Å². The minimum Gasteiger partial charge on any atom is -0.380 e. The van der Waals surface area contributed by atoms with Gasteiger partial charge in [-0.15, -0.1) is 0 Å². The highest BCUT2D eigenvalue weighted by Crippen LogP contribution is 2.49. The summed E-state index contributed by atoms with van der Waals surface area (Å²) in [6.07, 6.45) is 9.14. The number of rotatable bonds is 7. The highest BCUT2D eigenvalue weighted by Gasteiger charge is 2.39. The van der Waals surface area contributed by atoms with Crippen LogP contribution in [-0.4, -0.2) is 4.98 Å². The largest absolute Gasteiger partial charge is 0.380 e. The van der Waals surface area contributed by atoms with E-state index in [1.807, 2.05) is 0 Å². The second-order valence-electron chi connectivity index (χ2n) is 11.0. The molecule has 1 aliphatic carbocycles. The Labute approximate surface area is 232 Å². The van der Waals surface area contributed by atoms with Crippen LogP contribution in [-0.2, 0) is 6.42 Å². The summed E-state index contributed by atoms with van der Waals surface area (Å²) in [6.45, 7) is 6.76. The quantitative estimate of drug-likeness (QED) is 0.269. The lowest BCUT2D eigenvalue weighted by Gasteiger charge is -2.24. The van der Waals surface area contributed by atoms with Crippen molar-refractivity contribution >= 4 is 11.6 Å². The molecular formula is C37H36N2. The molecule has 3 atom stereocenters. The second kappa shape index (κ2) is 10.9. The lowest BCUT2D eigenvalue weighted by Crippen LogP contribution is -2.19. The number of nitrogens with zero attached hydrogens (tertiary/aromatic N) is 1. The van der Waals surface area contributed by atoms with Crippen LogP contribution in [0.1, 0.15) is 54.3 Å². The summed E-state index contributed by atoms with van der Waals surface area (Å²) in [5.74, 6) is 1.25. The van der Waals surface area contributed by atoms with Gasteiger partial charge in [0, 0.05) is 23.0 Å². The zero-order chi connectivity index (χ0) is 26.8. The third-order valence-electron chi connectivity index (χ3n) is 8.24. The van der Waals surface area contributed by atoms with Gasteiger partial charge in [-0.05, 0) is 78.5 Å². The van der Waals surface area contributed by atoms with Crippen molar-refractivity contribution in [2.75, 3.05) is 0 Å². The molecule has 0 bridgehead atoms. The molecule has 2 aliphatic rings. The Kier molecular flexibility index (Phi) is 7.02. The second-order valence-corrected chi connectivity index (χ2v) is 11.0. The number of aromatic nitrogens is 1. The molecule has 2 heterocycles. The number of pyridine rings is 1. The molecule has 0 saturated heterocycles. The average Bonchev–Trinajstić information content (AvgIpc) is 3.59. The van der Waals surface area contributed by atoms with Gasteiger partial charge in [0.05, 0.1) is 11.7 Å². The maximum Gasteiger partial charge on any atom is 0.0707 e. The summed E-state index contributed by atoms with van der Waals surface area (Å²) < 4.78 is 0. The lowest BCUT2D eigenvalue weighted by molar-refractivity contribution is 0.670. The van der Waals surface area contributed by atoms with E-state index in [-0.39, 0.29) is 6.04 Å². The first-order valence-electron chi connectivity index (χ1n) is 14.1. The Morgan fingerprint density at radius 2 is 1.51 bits per heavy atom. The van der Waals surface area contributed by atoms with Crippen molar-refractivity contribution in [2.45, 2.75) is 39.7 Å². The molecule has 0 amide bonds. The molecule has 4 aromatic rings. The molecule has 0 spiro atoms. The molecule has 1 N–H and O–H groups in total. The Hall–Kier alpha value is -4.17. The zero-order valence-corrected chi connectivity index (χ0v) is 23.1. The third-order valence-corrected chi connectivity index (χ3v) is 8.24. The van der Waals surface area contributed by atoms with Gasteiger partial charge < -0.3 is 5.32 Å². The van der Waals surface area contributed by atoms with Crippen LogP contribution >= 0.6 is 0 Å². The van der Waals surface area contributed by atoms with E-state index in [4.69, 9.17) is 4.98 Å². The van der Waals surface area contributed by atoms with Crippen molar-refractivity contribution in [1.29, 1.82) is 0 Å². The topological polar surface area (TPSA) is 24.9 Å². The highest BCUT2D eigenvalue weighted by atomic mass is 14.9. The first-order chi connectivity index (χ1) is 19.1. The summed E-state index contributed by atoms with van der Waals surface area (Å²) in [4.78, 5) is 5.01. The van der Waals surface area contributed by atoms with Gasteiger partial charge in [0.2, 0.25) is 0 Å². The van der Waals surface area contributed by atoms with Gasteiger partial charge >= 0.3 is 0 Å². The van der Waals surface area contributed by atoms with Crippen LogP contribution in [0, 0.1) is 18.8 Å². The predicted molar refractivity (Wildman–Crippen MR) is 164 cm³/mol. The minimum absolute atomic E-state index is 0.172. The van der Waals surface area contributed by atoms with Gasteiger partial charge in [-0.1, -0.05) is 110 Å². The van der Waals surface area contributed by atoms with E-state index in [2.05, 4.69) is 142 Å². The van der Waals surface area contributed by atoms with Crippen LogP contribution in [0.5, 0.6) is 0 Å². The van der Waals surface area contributed by atoms with Gasteiger partial charge in [-0.2, -0.15) is 0 Å². The Morgan fingerprint density at radius 3 is 2.26 bits per heavy atom. The molecule has 0 radical (unpaired) electrons. The van der Waals surface area contributed by atoms with Crippen LogP contribution < -0.4 is 5.32 Å². The number of dihydropyridines is 1. The molecule has 1 fully saturated rings. The smallest absolute Gasteiger partial charge is 0.0707 e. The van der Waals surface area contributed by atoms with Crippen LogP contribution in [0.25, 0.3) is 22.9 Å². The first-order valence-corrected chi connectivity index (χ1v) is 14.1. The van der Waals surface area contributed by atoms with Crippen LogP contribution in [0.15, 0.2) is 120 Å². The fourth-order valence-corrected chi connectivity index (χ4v) is 5.97. The van der Waals surface area contributed by atoms with Gasteiger partial charge in [0.25, 0.3) is 0 Å². The van der Waals surface area contributed by atoms with Crippen LogP contribution in [0.3, 0.4) is 0 Å². The summed E-state index contributed by atoms with van der Waals surface area (Å²) >= 11 is 0. The highest BCUT2D eigenvalue weighted by molar-refractivity contribution is 5.79. The molecule has 2 nitrogen and oxygen atoms in total. The molecule has 1 aliphatic heterocycles. The van der Waals surface area contributed by atoms with Gasteiger partial charge in [-0.3, -0.25) is 4.98 Å². The summed E-state index contributed by atoms with van der Waals surface area (Å²) in [7, 11) is 0. The van der Waals surface area contributed by atoms with Crippen molar-refractivity contribution in [3.63, 3.8) is 0 Å². The number of allylic oxidation sites excluding steroid dienone is 3. The molecule has 1 aromatic heterocycles. The van der Waals surface area contributed by atoms with Crippen LogP contribution in [0.2, 0.25) is 0 Å². The molecule has 1 unspecified atom stereocenters. The summed E-state index contributed by atoms with van der Waals surface area (Å²) in [6, 6.07) is 34.6. The maximum absolute atomic E-state index is 5.01. The van der Waals surface area contributed by atoms with E-state index in [0.29, 0.717) is 11.8 Å². The third kappa shape index (κ3) is 5.52. The zero-order valence-electron chi connectivity index (χ0n) is 23.1. The van der Waals surface area contributed by atoms with E-state index in [1.165, 1.54) is 44.7 Å². The van der Waals surface area contributed by atoms with E-state index in [0.717, 1.165) is 18.5 Å². The lowest BCUT2D eigenvalue weighted by atomic mass is 9.91. The van der Waals surface area contributed by atoms with Crippen molar-refractivity contribution in [1.82, 2.24) is 10.3 Å². The molecule has 1 saturated carbocycles. The average molecular weight is 509 g/mol. The molecule has 194 valence electrons. The Morgan fingerprint density at radius 1 is 0.821 bits per heavy atom. The fraction of sp³-hybridized carbons (Fsp3) is 0.216. The van der Waals surface area contributed by atoms with E-state index in [1.54, 1.807) is 5.57 Å². The SMILES string of the molecule is CC1=CC(c2ccccc2/C=C2\[C@@H](C)[C@@H]2CCc2cc(C)cc(-c3ccccc3)n2)NC=C1c1ccccc1. The number of hydrogen-bond acceptors (Lipinski definition) is 2.